The molecule has 2 aromatic carbocycles. The maximum Gasteiger partial charge on any atom is 0.216 e. The van der Waals surface area contributed by atoms with Crippen LogP contribution in [0.2, 0.25) is 0 Å². The molecule has 0 aliphatic heterocycles. The molecule has 0 bridgehead atoms. The Hall–Kier alpha value is -2.97. The Balaban J connectivity index is 1.71. The summed E-state index contributed by atoms with van der Waals surface area (Å²) < 4.78 is 7.84. The number of benzene rings is 2. The lowest BCUT2D eigenvalue weighted by molar-refractivity contribution is 0.290. The van der Waals surface area contributed by atoms with Gasteiger partial charge in [0.1, 0.15) is 12.4 Å². The van der Waals surface area contributed by atoms with Crippen molar-refractivity contribution in [1.29, 1.82) is 0 Å². The molecule has 0 unspecified atom stereocenters. The van der Waals surface area contributed by atoms with Crippen molar-refractivity contribution in [3.05, 3.63) is 69.8 Å². The predicted molar refractivity (Wildman–Crippen MR) is 117 cm³/mol. The molecule has 0 aliphatic carbocycles. The second kappa shape index (κ2) is 9.49. The van der Waals surface area contributed by atoms with Crippen LogP contribution >= 0.6 is 12.2 Å². The Morgan fingerprint density at radius 2 is 1.90 bits per heavy atom. The largest absolute Gasteiger partial charge is 0.486 e. The van der Waals surface area contributed by atoms with E-state index < -0.39 is 0 Å². The van der Waals surface area contributed by atoms with Gasteiger partial charge >= 0.3 is 0 Å². The van der Waals surface area contributed by atoms with Gasteiger partial charge in [-0.1, -0.05) is 18.2 Å². The average Bonchev–Trinajstić information content (AvgIpc) is 3.04. The summed E-state index contributed by atoms with van der Waals surface area (Å²) in [6, 6.07) is 13.9. The summed E-state index contributed by atoms with van der Waals surface area (Å²) in [6.07, 6.45) is 1.72. The number of anilines is 1. The van der Waals surface area contributed by atoms with Gasteiger partial charge in [0.15, 0.2) is 5.82 Å². The number of ether oxygens (including phenoxy) is 1. The number of nitrogens with zero attached hydrogens (tertiary/aromatic N) is 4. The number of nitrogens with one attached hydrogen (secondary N) is 1. The number of rotatable bonds is 8. The van der Waals surface area contributed by atoms with Crippen LogP contribution in [0.3, 0.4) is 0 Å². The molecule has 0 aliphatic rings. The van der Waals surface area contributed by atoms with Crippen molar-refractivity contribution in [3.8, 4) is 5.75 Å². The number of aromatic nitrogens is 3. The number of likely N-dealkylation sites (N-methyl/N-ethyl adjacent to an activating group) is 1. The molecule has 152 valence electrons. The van der Waals surface area contributed by atoms with Gasteiger partial charge < -0.3 is 14.7 Å². The van der Waals surface area contributed by atoms with E-state index in [0.29, 0.717) is 17.1 Å². The van der Waals surface area contributed by atoms with Gasteiger partial charge in [0, 0.05) is 19.3 Å². The van der Waals surface area contributed by atoms with Gasteiger partial charge in [-0.05, 0) is 67.0 Å². The summed E-state index contributed by atoms with van der Waals surface area (Å²) in [6.45, 7) is 5.02. The summed E-state index contributed by atoms with van der Waals surface area (Å²) in [5.74, 6) is 1.37. The standard InChI is InChI=1S/C21H25N5O2S/c1-15-10-16(2)12-19(11-15)28-14-20-23-24-21(29)26(20)22-13-17-4-6-18(7-5-17)25(3)8-9-27/h4-7,10-13,27H,8-9,14H2,1-3H3,(H,24,29)/b22-13-. The van der Waals surface area contributed by atoms with E-state index in [-0.39, 0.29) is 13.2 Å². The van der Waals surface area contributed by atoms with Crippen LogP contribution in [0.25, 0.3) is 0 Å². The zero-order valence-electron chi connectivity index (χ0n) is 16.8. The number of hydrogen-bond donors (Lipinski definition) is 2. The molecule has 8 heteroatoms. The van der Waals surface area contributed by atoms with Crippen LogP contribution in [-0.4, -0.2) is 46.4 Å². The molecule has 3 rings (SSSR count). The molecule has 7 nitrogen and oxygen atoms in total. The summed E-state index contributed by atoms with van der Waals surface area (Å²) in [7, 11) is 1.94. The second-order valence-electron chi connectivity index (χ2n) is 6.85. The van der Waals surface area contributed by atoms with Gasteiger partial charge in [-0.15, -0.1) is 0 Å². The molecule has 1 heterocycles. The minimum absolute atomic E-state index is 0.116. The third-order valence-electron chi connectivity index (χ3n) is 4.37. The number of hydrogen-bond acceptors (Lipinski definition) is 6. The summed E-state index contributed by atoms with van der Waals surface area (Å²) >= 11 is 5.29. The van der Waals surface area contributed by atoms with Crippen LogP contribution in [0, 0.1) is 18.6 Å². The van der Waals surface area contributed by atoms with Crippen molar-refractivity contribution < 1.29 is 9.84 Å². The lowest BCUT2D eigenvalue weighted by Gasteiger charge is -2.17. The fourth-order valence-electron chi connectivity index (χ4n) is 2.92. The topological polar surface area (TPSA) is 78.7 Å². The Morgan fingerprint density at radius 3 is 2.55 bits per heavy atom. The number of aliphatic hydroxyl groups is 1. The molecule has 0 spiro atoms. The second-order valence-corrected chi connectivity index (χ2v) is 7.24. The number of aliphatic hydroxyl groups excluding tert-OH is 1. The fraction of sp³-hybridized carbons (Fsp3) is 0.286. The van der Waals surface area contributed by atoms with Gasteiger partial charge in [-0.25, -0.2) is 5.10 Å². The van der Waals surface area contributed by atoms with Crippen molar-refractivity contribution in [1.82, 2.24) is 14.9 Å². The van der Waals surface area contributed by atoms with E-state index in [1.165, 1.54) is 0 Å². The monoisotopic (exact) mass is 411 g/mol. The summed E-state index contributed by atoms with van der Waals surface area (Å²) in [4.78, 5) is 1.98. The van der Waals surface area contributed by atoms with Gasteiger partial charge in [-0.2, -0.15) is 14.9 Å². The molecule has 3 aromatic rings. The maximum absolute atomic E-state index is 9.04. The van der Waals surface area contributed by atoms with Crippen LogP contribution in [-0.2, 0) is 6.61 Å². The zero-order chi connectivity index (χ0) is 20.8. The first-order valence-electron chi connectivity index (χ1n) is 9.30. The van der Waals surface area contributed by atoms with Gasteiger partial charge in [0.25, 0.3) is 0 Å². The summed E-state index contributed by atoms with van der Waals surface area (Å²) in [5.41, 5.74) is 4.24. The SMILES string of the molecule is Cc1cc(C)cc(OCc2n[nH]c(=S)n2/N=C\c2ccc(N(C)CCO)cc2)c1. The first-order valence-corrected chi connectivity index (χ1v) is 9.71. The van der Waals surface area contributed by atoms with Gasteiger partial charge in [0.2, 0.25) is 4.77 Å². The van der Waals surface area contributed by atoms with E-state index in [1.807, 2.05) is 62.2 Å². The van der Waals surface area contributed by atoms with Crippen molar-refractivity contribution in [2.24, 2.45) is 5.10 Å². The highest BCUT2D eigenvalue weighted by Gasteiger charge is 2.07. The van der Waals surface area contributed by atoms with Crippen LogP contribution in [0.4, 0.5) is 5.69 Å². The lowest BCUT2D eigenvalue weighted by atomic mass is 10.1. The molecule has 0 radical (unpaired) electrons. The number of aryl methyl sites for hydroxylation is 2. The molecule has 0 atom stereocenters. The summed E-state index contributed by atoms with van der Waals surface area (Å²) in [5, 5.41) is 20.5. The van der Waals surface area contributed by atoms with Crippen molar-refractivity contribution in [3.63, 3.8) is 0 Å². The quantitative estimate of drug-likeness (QED) is 0.438. The van der Waals surface area contributed by atoms with Crippen LogP contribution in [0.5, 0.6) is 5.75 Å². The minimum atomic E-state index is 0.116. The highest BCUT2D eigenvalue weighted by molar-refractivity contribution is 7.71. The average molecular weight is 412 g/mol. The number of H-pyrrole nitrogens is 1. The maximum atomic E-state index is 9.04. The highest BCUT2D eigenvalue weighted by Crippen LogP contribution is 2.17. The van der Waals surface area contributed by atoms with E-state index in [1.54, 1.807) is 10.9 Å². The third-order valence-corrected chi connectivity index (χ3v) is 4.64. The smallest absolute Gasteiger partial charge is 0.216 e. The van der Waals surface area contributed by atoms with E-state index >= 15 is 0 Å². The Morgan fingerprint density at radius 1 is 1.21 bits per heavy atom. The normalized spacial score (nSPS) is 11.2. The van der Waals surface area contributed by atoms with Crippen LogP contribution < -0.4 is 9.64 Å². The molecule has 0 saturated carbocycles. The molecular formula is C21H25N5O2S. The Bertz CT molecular complexity index is 1020. The van der Waals surface area contributed by atoms with Gasteiger partial charge in [0.05, 0.1) is 12.8 Å². The van der Waals surface area contributed by atoms with E-state index in [9.17, 15) is 0 Å². The van der Waals surface area contributed by atoms with E-state index in [2.05, 4.69) is 21.4 Å². The van der Waals surface area contributed by atoms with Crippen molar-refractivity contribution in [2.45, 2.75) is 20.5 Å². The Labute approximate surface area is 175 Å². The van der Waals surface area contributed by atoms with E-state index in [4.69, 9.17) is 22.1 Å². The van der Waals surface area contributed by atoms with Crippen molar-refractivity contribution in [2.75, 3.05) is 25.1 Å². The third kappa shape index (κ3) is 5.52. The number of aromatic amines is 1. The van der Waals surface area contributed by atoms with E-state index in [0.717, 1.165) is 28.1 Å². The van der Waals surface area contributed by atoms with Crippen molar-refractivity contribution >= 4 is 24.1 Å². The molecule has 1 aromatic heterocycles. The lowest BCUT2D eigenvalue weighted by Crippen LogP contribution is -2.20. The Kier molecular flexibility index (Phi) is 6.79. The molecule has 29 heavy (non-hydrogen) atoms. The highest BCUT2D eigenvalue weighted by atomic mass is 32.1. The molecule has 0 saturated heterocycles. The molecule has 0 fully saturated rings. The molecule has 0 amide bonds. The molecule has 2 N–H and O–H groups in total. The fourth-order valence-corrected chi connectivity index (χ4v) is 3.12. The first-order chi connectivity index (χ1) is 14.0. The minimum Gasteiger partial charge on any atom is -0.486 e. The van der Waals surface area contributed by atoms with Crippen LogP contribution in [0.15, 0.2) is 47.6 Å². The van der Waals surface area contributed by atoms with Crippen LogP contribution in [0.1, 0.15) is 22.5 Å². The molecular weight excluding hydrogens is 386 g/mol. The predicted octanol–water partition coefficient (Wildman–Crippen LogP) is 3.45. The first kappa shape index (κ1) is 20.8. The zero-order valence-corrected chi connectivity index (χ0v) is 17.6. The van der Waals surface area contributed by atoms with Gasteiger partial charge in [-0.3, -0.25) is 0 Å².